The van der Waals surface area contributed by atoms with E-state index in [0.29, 0.717) is 0 Å². The van der Waals surface area contributed by atoms with Crippen molar-refractivity contribution in [2.45, 2.75) is 59.6 Å². The highest BCUT2D eigenvalue weighted by molar-refractivity contribution is 7.65. The maximum atomic E-state index is 13.4. The summed E-state index contributed by atoms with van der Waals surface area (Å²) in [6.07, 6.45) is -6.06. The van der Waals surface area contributed by atoms with E-state index in [0.717, 1.165) is 0 Å². The minimum Gasteiger partial charge on any atom is -0.240 e. The summed E-state index contributed by atoms with van der Waals surface area (Å²) >= 11 is 13.4. The van der Waals surface area contributed by atoms with Crippen LogP contribution in [0.3, 0.4) is 0 Å². The zero-order valence-corrected chi connectivity index (χ0v) is 17.2. The fourth-order valence-electron chi connectivity index (χ4n) is 1.71. The third-order valence-corrected chi connectivity index (χ3v) is 6.35. The smallest absolute Gasteiger partial charge is 0.240 e. The molecule has 0 aromatic carbocycles. The molecule has 0 rings (SSSR count). The normalized spacial score (nSPS) is 17.5. The van der Waals surface area contributed by atoms with Crippen molar-refractivity contribution in [3.8, 4) is 0 Å². The first kappa shape index (κ1) is 32.8. The van der Waals surface area contributed by atoms with Crippen molar-refractivity contribution < 1.29 is 83.4 Å². The summed E-state index contributed by atoms with van der Waals surface area (Å²) < 4.78 is 249. The second-order valence-electron chi connectivity index (χ2n) is 5.90. The molecule has 0 spiro atoms. The third kappa shape index (κ3) is 4.31. The lowest BCUT2D eigenvalue weighted by atomic mass is 9.87. The molecule has 0 N–H and O–H groups in total. The molecule has 0 radical (unpaired) electrons. The van der Waals surface area contributed by atoms with Crippen molar-refractivity contribution in [1.82, 2.24) is 0 Å². The van der Waals surface area contributed by atoms with Crippen molar-refractivity contribution in [2.75, 3.05) is 0 Å². The second-order valence-corrected chi connectivity index (χ2v) is 14.6. The molecule has 0 amide bonds. The molecule has 0 aliphatic heterocycles. The fraction of sp³-hybridized carbons (Fsp3) is 1.00. The van der Waals surface area contributed by atoms with E-state index in [9.17, 15) is 83.4 Å². The Kier molecular flexibility index (Phi) is 8.35. The Hall–Kier alpha value is -0.243. The lowest BCUT2D eigenvalue weighted by Crippen LogP contribution is -2.76. The quantitative estimate of drug-likeness (QED) is 0.133. The maximum Gasteiger partial charge on any atom is 0.385 e. The topological polar surface area (TPSA) is 0 Å². The van der Waals surface area contributed by atoms with E-state index in [2.05, 4.69) is 33.2 Å². The van der Waals surface area contributed by atoms with Gasteiger partial charge in [-0.25, -0.2) is 13.2 Å². The van der Waals surface area contributed by atoms with Gasteiger partial charge in [0.2, 0.25) is 5.79 Å². The van der Waals surface area contributed by atoms with Gasteiger partial charge in [0.25, 0.3) is 0 Å². The highest BCUT2D eigenvalue weighted by Gasteiger charge is 2.96. The van der Waals surface area contributed by atoms with Crippen LogP contribution < -0.4 is 0 Å². The molecule has 200 valence electrons. The molecular formula is C10H2Cl3F19Si. The Morgan fingerprint density at radius 2 is 0.606 bits per heavy atom. The molecule has 1 atom stereocenters. The van der Waals surface area contributed by atoms with Gasteiger partial charge in [-0.1, -0.05) is 0 Å². The standard InChI is InChI=1S/C10H2Cl3F19Si/c11-33(12,13)2(16)4(19,20)6(23,24)8(27,28)10(31,32)9(29,30)7(25,26)5(21,22)3(17,18)1(14)15/h1-2H. The first-order chi connectivity index (χ1) is 13.8. The van der Waals surface area contributed by atoms with Gasteiger partial charge in [-0.15, -0.1) is 33.2 Å². The van der Waals surface area contributed by atoms with Crippen LogP contribution in [0.2, 0.25) is 0 Å². The number of alkyl halides is 19. The van der Waals surface area contributed by atoms with Crippen molar-refractivity contribution >= 4 is 39.2 Å². The maximum absolute atomic E-state index is 13.4. The molecule has 0 saturated heterocycles. The molecule has 23 heteroatoms. The number of rotatable bonds is 10. The fourth-order valence-corrected chi connectivity index (χ4v) is 3.53. The molecule has 0 heterocycles. The van der Waals surface area contributed by atoms with Crippen LogP contribution in [0, 0.1) is 0 Å². The minimum atomic E-state index is -8.91. The Labute approximate surface area is 183 Å². The van der Waals surface area contributed by atoms with Gasteiger partial charge in [0.1, 0.15) is 0 Å². The first-order valence-electron chi connectivity index (χ1n) is 6.86. The van der Waals surface area contributed by atoms with E-state index in [1.54, 1.807) is 0 Å². The summed E-state index contributed by atoms with van der Waals surface area (Å²) in [4.78, 5) is 0. The predicted molar refractivity (Wildman–Crippen MR) is 73.8 cm³/mol. The van der Waals surface area contributed by atoms with E-state index in [1.165, 1.54) is 0 Å². The van der Waals surface area contributed by atoms with E-state index < -0.39 is 65.6 Å². The molecule has 0 aliphatic carbocycles. The molecule has 0 aliphatic rings. The first-order valence-corrected chi connectivity index (χ1v) is 12.0. The van der Waals surface area contributed by atoms with Crippen LogP contribution in [-0.4, -0.2) is 65.6 Å². The van der Waals surface area contributed by atoms with Crippen molar-refractivity contribution in [1.29, 1.82) is 0 Å². The van der Waals surface area contributed by atoms with Gasteiger partial charge in [-0.05, 0) is 0 Å². The molecule has 0 fully saturated rings. The van der Waals surface area contributed by atoms with Crippen molar-refractivity contribution in [3.63, 3.8) is 0 Å². The van der Waals surface area contributed by atoms with Crippen LogP contribution in [-0.2, 0) is 0 Å². The van der Waals surface area contributed by atoms with Crippen LogP contribution in [0.25, 0.3) is 0 Å². The highest BCUT2D eigenvalue weighted by Crippen LogP contribution is 2.65. The lowest BCUT2D eigenvalue weighted by Gasteiger charge is -2.44. The summed E-state index contributed by atoms with van der Waals surface area (Å²) in [6, 6.07) is -5.99. The number of hydrogen-bond donors (Lipinski definition) is 0. The minimum absolute atomic E-state index is 4.47. The van der Waals surface area contributed by atoms with Gasteiger partial charge < -0.3 is 0 Å². The summed E-state index contributed by atoms with van der Waals surface area (Å²) in [5, 5.41) is 0. The zero-order valence-electron chi connectivity index (χ0n) is 14.0. The van der Waals surface area contributed by atoms with E-state index in [4.69, 9.17) is 0 Å². The average molecular weight is 618 g/mol. The van der Waals surface area contributed by atoms with E-state index in [1.807, 2.05) is 0 Å². The van der Waals surface area contributed by atoms with Crippen molar-refractivity contribution in [3.05, 3.63) is 0 Å². The monoisotopic (exact) mass is 616 g/mol. The number of hydrogen-bond acceptors (Lipinski definition) is 0. The Bertz CT molecular complexity index is 713. The summed E-state index contributed by atoms with van der Waals surface area (Å²) in [7, 11) is 0. The second kappa shape index (κ2) is 8.41. The predicted octanol–water partition coefficient (Wildman–Crippen LogP) is 7.87. The molecule has 0 saturated carbocycles. The van der Waals surface area contributed by atoms with Crippen LogP contribution in [0.1, 0.15) is 0 Å². The zero-order chi connectivity index (χ0) is 27.7. The molecule has 33 heavy (non-hydrogen) atoms. The van der Waals surface area contributed by atoms with Crippen LogP contribution in [0.5, 0.6) is 0 Å². The number of halogens is 22. The summed E-state index contributed by atoms with van der Waals surface area (Å²) in [5.41, 5.74) is 0. The molecule has 0 aromatic rings. The largest absolute Gasteiger partial charge is 0.385 e. The molecule has 0 nitrogen and oxygen atoms in total. The van der Waals surface area contributed by atoms with Crippen molar-refractivity contribution in [2.24, 2.45) is 0 Å². The van der Waals surface area contributed by atoms with Gasteiger partial charge in [0.05, 0.1) is 0 Å². The van der Waals surface area contributed by atoms with Gasteiger partial charge in [-0.3, -0.25) is 0 Å². The third-order valence-electron chi connectivity index (χ3n) is 3.69. The SMILES string of the molecule is FC(F)C(F)(F)C(F)(F)C(F)(F)C(F)(F)C(F)(F)C(F)(F)C(F)(F)C(F)(F)C(F)[Si](Cl)(Cl)Cl. The molecule has 1 unspecified atom stereocenters. The van der Waals surface area contributed by atoms with Gasteiger partial charge >= 0.3 is 59.8 Å². The summed E-state index contributed by atoms with van der Waals surface area (Å²) in [5.74, 6) is -72.2. The Morgan fingerprint density at radius 1 is 0.394 bits per heavy atom. The highest BCUT2D eigenvalue weighted by atomic mass is 35.8. The summed E-state index contributed by atoms with van der Waals surface area (Å²) in [6.45, 7) is 0. The van der Waals surface area contributed by atoms with Gasteiger partial charge in [0.15, 0.2) is 0 Å². The molecule has 0 aromatic heterocycles. The van der Waals surface area contributed by atoms with Crippen LogP contribution in [0.4, 0.5) is 83.4 Å². The average Bonchev–Trinajstić information content (AvgIpc) is 2.58. The molecule has 0 bridgehead atoms. The van der Waals surface area contributed by atoms with Crippen LogP contribution >= 0.6 is 33.2 Å². The lowest BCUT2D eigenvalue weighted by molar-refractivity contribution is -0.458. The Morgan fingerprint density at radius 3 is 0.818 bits per heavy atom. The van der Waals surface area contributed by atoms with Gasteiger partial charge in [-0.2, -0.15) is 70.2 Å². The Balaban J connectivity index is 6.93. The van der Waals surface area contributed by atoms with Crippen LogP contribution in [0.15, 0.2) is 0 Å². The van der Waals surface area contributed by atoms with E-state index >= 15 is 0 Å². The van der Waals surface area contributed by atoms with E-state index in [-0.39, 0.29) is 0 Å². The van der Waals surface area contributed by atoms with Gasteiger partial charge in [0, 0.05) is 0 Å². The molecular weight excluding hydrogens is 616 g/mol.